The van der Waals surface area contributed by atoms with E-state index in [0.29, 0.717) is 17.7 Å². The highest BCUT2D eigenvalue weighted by molar-refractivity contribution is 5.83. The number of aromatic nitrogens is 2. The second-order valence-electron chi connectivity index (χ2n) is 7.48. The number of nitrogens with zero attached hydrogens (tertiary/aromatic N) is 3. The van der Waals surface area contributed by atoms with E-state index in [0.717, 1.165) is 17.7 Å². The van der Waals surface area contributed by atoms with Crippen molar-refractivity contribution in [1.29, 1.82) is 0 Å². The summed E-state index contributed by atoms with van der Waals surface area (Å²) in [7, 11) is 2.05. The molecule has 0 spiro atoms. The van der Waals surface area contributed by atoms with Crippen molar-refractivity contribution in [3.05, 3.63) is 95.8 Å². The first-order valence-electron chi connectivity index (χ1n) is 9.44. The standard InChI is InChI=1S/C24H20FN3/c1-28-13-22(18-7-6-16-4-2-3-5-17(16)10-18)21-9-8-20(24(25)23(21)14-28)19-11-26-15-27-12-19/h2-12,15,22H,13-14H2,1H3. The fraction of sp³-hybridized carbons (Fsp3) is 0.167. The summed E-state index contributed by atoms with van der Waals surface area (Å²) in [6.07, 6.45) is 4.78. The van der Waals surface area contributed by atoms with Crippen LogP contribution in [0.5, 0.6) is 0 Å². The van der Waals surface area contributed by atoms with Crippen molar-refractivity contribution in [2.75, 3.05) is 13.6 Å². The van der Waals surface area contributed by atoms with Crippen LogP contribution in [0.4, 0.5) is 4.39 Å². The molecule has 3 aromatic carbocycles. The van der Waals surface area contributed by atoms with E-state index >= 15 is 4.39 Å². The summed E-state index contributed by atoms with van der Waals surface area (Å²) in [5.41, 5.74) is 4.34. The van der Waals surface area contributed by atoms with Crippen LogP contribution in [0.25, 0.3) is 21.9 Å². The van der Waals surface area contributed by atoms with Crippen LogP contribution in [0.15, 0.2) is 73.3 Å². The second-order valence-corrected chi connectivity index (χ2v) is 7.48. The third-order valence-electron chi connectivity index (χ3n) is 5.62. The maximum Gasteiger partial charge on any atom is 0.135 e. The van der Waals surface area contributed by atoms with Crippen LogP contribution in [0.3, 0.4) is 0 Å². The molecule has 5 rings (SSSR count). The van der Waals surface area contributed by atoms with Crippen LogP contribution in [-0.2, 0) is 6.54 Å². The Balaban J connectivity index is 1.63. The minimum absolute atomic E-state index is 0.147. The molecule has 0 amide bonds. The van der Waals surface area contributed by atoms with Crippen molar-refractivity contribution in [1.82, 2.24) is 14.9 Å². The highest BCUT2D eigenvalue weighted by Crippen LogP contribution is 2.38. The molecule has 1 atom stereocenters. The third kappa shape index (κ3) is 2.86. The molecule has 1 unspecified atom stereocenters. The average Bonchev–Trinajstić information content (AvgIpc) is 2.74. The lowest BCUT2D eigenvalue weighted by molar-refractivity contribution is 0.289. The zero-order valence-electron chi connectivity index (χ0n) is 15.6. The Kier molecular flexibility index (Phi) is 4.14. The number of rotatable bonds is 2. The maximum absolute atomic E-state index is 15.5. The molecule has 0 radical (unpaired) electrons. The van der Waals surface area contributed by atoms with E-state index in [1.165, 1.54) is 22.7 Å². The lowest BCUT2D eigenvalue weighted by Crippen LogP contribution is -2.31. The molecule has 4 heteroatoms. The molecule has 4 aromatic rings. The number of hydrogen-bond donors (Lipinski definition) is 0. The van der Waals surface area contributed by atoms with Crippen molar-refractivity contribution in [2.24, 2.45) is 0 Å². The molecule has 0 N–H and O–H groups in total. The third-order valence-corrected chi connectivity index (χ3v) is 5.62. The van der Waals surface area contributed by atoms with Gasteiger partial charge >= 0.3 is 0 Å². The summed E-state index contributed by atoms with van der Waals surface area (Å²) < 4.78 is 15.5. The van der Waals surface area contributed by atoms with Crippen LogP contribution in [0.1, 0.15) is 22.6 Å². The molecular weight excluding hydrogens is 349 g/mol. The quantitative estimate of drug-likeness (QED) is 0.497. The number of halogens is 1. The van der Waals surface area contributed by atoms with Gasteiger partial charge in [0.25, 0.3) is 0 Å². The molecule has 1 aliphatic heterocycles. The van der Waals surface area contributed by atoms with E-state index in [2.05, 4.69) is 70.4 Å². The monoisotopic (exact) mass is 369 g/mol. The largest absolute Gasteiger partial charge is 0.301 e. The van der Waals surface area contributed by atoms with Crippen LogP contribution in [-0.4, -0.2) is 28.5 Å². The lowest BCUT2D eigenvalue weighted by atomic mass is 9.82. The Morgan fingerprint density at radius 3 is 2.57 bits per heavy atom. The first-order valence-corrected chi connectivity index (χ1v) is 9.44. The highest BCUT2D eigenvalue weighted by Gasteiger charge is 2.28. The van der Waals surface area contributed by atoms with E-state index in [1.807, 2.05) is 6.07 Å². The van der Waals surface area contributed by atoms with Gasteiger partial charge in [-0.05, 0) is 28.9 Å². The molecule has 2 heterocycles. The van der Waals surface area contributed by atoms with E-state index in [1.54, 1.807) is 12.4 Å². The Morgan fingerprint density at radius 1 is 0.964 bits per heavy atom. The molecule has 138 valence electrons. The summed E-state index contributed by atoms with van der Waals surface area (Å²) >= 11 is 0. The molecule has 3 nitrogen and oxygen atoms in total. The normalized spacial score (nSPS) is 16.9. The second kappa shape index (κ2) is 6.80. The van der Waals surface area contributed by atoms with Crippen LogP contribution in [0.2, 0.25) is 0 Å². The van der Waals surface area contributed by atoms with Crippen LogP contribution < -0.4 is 0 Å². The minimum Gasteiger partial charge on any atom is -0.301 e. The summed E-state index contributed by atoms with van der Waals surface area (Å²) in [5.74, 6) is -0.0152. The van der Waals surface area contributed by atoms with E-state index in [9.17, 15) is 0 Å². The first-order chi connectivity index (χ1) is 13.7. The number of fused-ring (bicyclic) bond motifs is 2. The van der Waals surface area contributed by atoms with Crippen molar-refractivity contribution >= 4 is 10.8 Å². The Bertz CT molecular complexity index is 1160. The predicted molar refractivity (Wildman–Crippen MR) is 110 cm³/mol. The number of hydrogen-bond acceptors (Lipinski definition) is 3. The van der Waals surface area contributed by atoms with Gasteiger partial charge in [-0.25, -0.2) is 14.4 Å². The van der Waals surface area contributed by atoms with Crippen molar-refractivity contribution in [3.63, 3.8) is 0 Å². The van der Waals surface area contributed by atoms with E-state index in [-0.39, 0.29) is 11.7 Å². The minimum atomic E-state index is -0.162. The summed E-state index contributed by atoms with van der Waals surface area (Å²) in [6, 6.07) is 18.9. The zero-order valence-corrected chi connectivity index (χ0v) is 15.6. The van der Waals surface area contributed by atoms with Gasteiger partial charge in [0.05, 0.1) is 0 Å². The Morgan fingerprint density at radius 2 is 1.75 bits per heavy atom. The topological polar surface area (TPSA) is 29.0 Å². The molecule has 0 fully saturated rings. The van der Waals surface area contributed by atoms with Gasteiger partial charge in [-0.1, -0.05) is 54.6 Å². The molecule has 0 aliphatic carbocycles. The maximum atomic E-state index is 15.5. The summed E-state index contributed by atoms with van der Waals surface area (Å²) in [4.78, 5) is 10.3. The fourth-order valence-corrected chi connectivity index (χ4v) is 4.24. The summed E-state index contributed by atoms with van der Waals surface area (Å²) in [5, 5.41) is 2.44. The zero-order chi connectivity index (χ0) is 19.1. The van der Waals surface area contributed by atoms with Crippen LogP contribution >= 0.6 is 0 Å². The van der Waals surface area contributed by atoms with E-state index in [4.69, 9.17) is 0 Å². The summed E-state index contributed by atoms with van der Waals surface area (Å²) in [6.45, 7) is 1.48. The predicted octanol–water partition coefficient (Wildman–Crippen LogP) is 5.01. The molecule has 1 aliphatic rings. The SMILES string of the molecule is CN1Cc2c(ccc(-c3cncnc3)c2F)C(c2ccc3ccccc3c2)C1. The van der Waals surface area contributed by atoms with Gasteiger partial charge in [-0.2, -0.15) is 0 Å². The Labute approximate surface area is 163 Å². The fourth-order valence-electron chi connectivity index (χ4n) is 4.24. The molecule has 0 bridgehead atoms. The lowest BCUT2D eigenvalue weighted by Gasteiger charge is -2.33. The molecule has 1 aromatic heterocycles. The van der Waals surface area contributed by atoms with E-state index < -0.39 is 0 Å². The Hall–Kier alpha value is -3.11. The van der Waals surface area contributed by atoms with Crippen molar-refractivity contribution in [2.45, 2.75) is 12.5 Å². The van der Waals surface area contributed by atoms with Gasteiger partial charge in [0, 0.05) is 48.1 Å². The molecule has 28 heavy (non-hydrogen) atoms. The number of likely N-dealkylation sites (N-methyl/N-ethyl adjacent to an activating group) is 1. The smallest absolute Gasteiger partial charge is 0.135 e. The van der Waals surface area contributed by atoms with Gasteiger partial charge in [-0.15, -0.1) is 0 Å². The van der Waals surface area contributed by atoms with Gasteiger partial charge in [0.2, 0.25) is 0 Å². The molecule has 0 saturated carbocycles. The van der Waals surface area contributed by atoms with Crippen LogP contribution in [0, 0.1) is 5.82 Å². The number of benzene rings is 3. The van der Waals surface area contributed by atoms with Gasteiger partial charge in [0.15, 0.2) is 0 Å². The average molecular weight is 369 g/mol. The highest BCUT2D eigenvalue weighted by atomic mass is 19.1. The van der Waals surface area contributed by atoms with Crippen molar-refractivity contribution in [3.8, 4) is 11.1 Å². The molecular formula is C24H20FN3. The van der Waals surface area contributed by atoms with Gasteiger partial charge in [-0.3, -0.25) is 0 Å². The van der Waals surface area contributed by atoms with Gasteiger partial charge < -0.3 is 4.90 Å². The molecule has 0 saturated heterocycles. The van der Waals surface area contributed by atoms with Gasteiger partial charge in [0.1, 0.15) is 12.1 Å². The first kappa shape index (κ1) is 17.0. The van der Waals surface area contributed by atoms with Crippen molar-refractivity contribution < 1.29 is 4.39 Å².